The number of nitrogens with two attached hydrogens (primary N) is 1. The molecule has 6 nitrogen and oxygen atoms in total. The van der Waals surface area contributed by atoms with Crippen molar-refractivity contribution in [1.82, 2.24) is 20.2 Å². The Morgan fingerprint density at radius 1 is 1.43 bits per heavy atom. The van der Waals surface area contributed by atoms with Gasteiger partial charge in [-0.05, 0) is 45.6 Å². The average Bonchev–Trinajstić information content (AvgIpc) is 2.49. The summed E-state index contributed by atoms with van der Waals surface area (Å²) in [6.07, 6.45) is 8.69. The van der Waals surface area contributed by atoms with Crippen molar-refractivity contribution in [3.63, 3.8) is 0 Å². The van der Waals surface area contributed by atoms with Gasteiger partial charge in [-0.2, -0.15) is 0 Å². The van der Waals surface area contributed by atoms with Gasteiger partial charge in [0.1, 0.15) is 0 Å². The second-order valence-corrected chi connectivity index (χ2v) is 6.49. The van der Waals surface area contributed by atoms with Crippen LogP contribution in [0.25, 0.3) is 0 Å². The Morgan fingerprint density at radius 2 is 2.17 bits per heavy atom. The van der Waals surface area contributed by atoms with Crippen molar-refractivity contribution in [1.29, 1.82) is 0 Å². The Hall–Kier alpha value is -1.95. The topological polar surface area (TPSA) is 84.1 Å². The molecular formula is C17H27N5O. The number of piperidine rings is 1. The molecule has 2 rings (SSSR count). The molecule has 1 amide bonds. The predicted octanol–water partition coefficient (Wildman–Crippen LogP) is 1.74. The lowest BCUT2D eigenvalue weighted by Crippen LogP contribution is -2.36. The minimum absolute atomic E-state index is 0.0108. The summed E-state index contributed by atoms with van der Waals surface area (Å²) < 4.78 is 0. The summed E-state index contributed by atoms with van der Waals surface area (Å²) in [5.41, 5.74) is 7.64. The van der Waals surface area contributed by atoms with Gasteiger partial charge in [0, 0.05) is 43.7 Å². The average molecular weight is 317 g/mol. The van der Waals surface area contributed by atoms with Gasteiger partial charge in [0.2, 0.25) is 11.9 Å². The zero-order valence-corrected chi connectivity index (χ0v) is 14.1. The number of allylic oxidation sites excluding steroid dienone is 1. The normalized spacial score (nSPS) is 18.4. The van der Waals surface area contributed by atoms with Gasteiger partial charge in [-0.1, -0.05) is 5.57 Å². The summed E-state index contributed by atoms with van der Waals surface area (Å²) in [6, 6.07) is 0. The zero-order chi connectivity index (χ0) is 16.7. The minimum atomic E-state index is 0.0108. The van der Waals surface area contributed by atoms with Crippen LogP contribution < -0.4 is 11.1 Å². The lowest BCUT2D eigenvalue weighted by atomic mass is 9.94. The maximum absolute atomic E-state index is 11.6. The number of likely N-dealkylation sites (tertiary alicyclic amines) is 1. The first kappa shape index (κ1) is 17.4. The highest BCUT2D eigenvalue weighted by molar-refractivity contribution is 5.87. The molecule has 2 heterocycles. The van der Waals surface area contributed by atoms with Gasteiger partial charge in [-0.15, -0.1) is 0 Å². The predicted molar refractivity (Wildman–Crippen MR) is 91.5 cm³/mol. The van der Waals surface area contributed by atoms with E-state index in [4.69, 9.17) is 5.73 Å². The maximum atomic E-state index is 11.6. The minimum Gasteiger partial charge on any atom is -0.368 e. The number of carbonyl (C=O) groups excluding carboxylic acids is 1. The van der Waals surface area contributed by atoms with Crippen LogP contribution >= 0.6 is 0 Å². The molecule has 0 bridgehead atoms. The number of hydrogen-bond donors (Lipinski definition) is 2. The molecule has 1 aliphatic heterocycles. The van der Waals surface area contributed by atoms with Crippen LogP contribution in [0.15, 0.2) is 24.0 Å². The first-order valence-corrected chi connectivity index (χ1v) is 8.24. The third-order valence-electron chi connectivity index (χ3n) is 4.01. The number of aromatic nitrogens is 2. The first-order chi connectivity index (χ1) is 11.0. The summed E-state index contributed by atoms with van der Waals surface area (Å²) in [7, 11) is 0. The molecule has 0 radical (unpaired) electrons. The van der Waals surface area contributed by atoms with Gasteiger partial charge in [-0.25, -0.2) is 9.97 Å². The molecule has 0 aliphatic carbocycles. The van der Waals surface area contributed by atoms with E-state index in [2.05, 4.69) is 20.2 Å². The largest absolute Gasteiger partial charge is 0.368 e. The number of amides is 1. The molecule has 23 heavy (non-hydrogen) atoms. The number of nitrogens with one attached hydrogen (secondary N) is 1. The second-order valence-electron chi connectivity index (χ2n) is 6.49. The molecule has 6 heteroatoms. The van der Waals surface area contributed by atoms with Gasteiger partial charge in [0.25, 0.3) is 0 Å². The van der Waals surface area contributed by atoms with E-state index in [9.17, 15) is 4.79 Å². The Kier molecular flexibility index (Phi) is 6.52. The zero-order valence-electron chi connectivity index (χ0n) is 14.1. The Balaban J connectivity index is 1.74. The van der Waals surface area contributed by atoms with Crippen molar-refractivity contribution in [2.45, 2.75) is 39.7 Å². The van der Waals surface area contributed by atoms with Crippen LogP contribution in [0.4, 0.5) is 5.95 Å². The molecule has 1 aromatic heterocycles. The van der Waals surface area contributed by atoms with E-state index >= 15 is 0 Å². The van der Waals surface area contributed by atoms with Crippen LogP contribution in [0, 0.1) is 5.92 Å². The number of nitrogens with zero attached hydrogens (tertiary/aromatic N) is 3. The fourth-order valence-corrected chi connectivity index (χ4v) is 2.95. The second kappa shape index (κ2) is 8.62. The summed E-state index contributed by atoms with van der Waals surface area (Å²) in [4.78, 5) is 22.1. The Morgan fingerprint density at radius 3 is 2.87 bits per heavy atom. The van der Waals surface area contributed by atoms with E-state index in [-0.39, 0.29) is 5.91 Å². The highest BCUT2D eigenvalue weighted by Crippen LogP contribution is 2.20. The van der Waals surface area contributed by atoms with Crippen LogP contribution in [0.2, 0.25) is 0 Å². The summed E-state index contributed by atoms with van der Waals surface area (Å²) in [5, 5.41) is 2.96. The van der Waals surface area contributed by atoms with Crippen molar-refractivity contribution in [3.8, 4) is 0 Å². The molecule has 3 N–H and O–H groups in total. The monoisotopic (exact) mass is 317 g/mol. The molecule has 1 fully saturated rings. The standard InChI is InChI=1S/C17H27N5O/c1-13(2)8-16(23)19-6-5-14-4-3-7-22(11-14)12-15-9-20-17(18)21-10-15/h8-10,14H,3-7,11-12H2,1-2H3,(H,19,23)(H2,18,20,21). The number of anilines is 1. The van der Waals surface area contributed by atoms with Gasteiger partial charge >= 0.3 is 0 Å². The quantitative estimate of drug-likeness (QED) is 0.781. The van der Waals surface area contributed by atoms with Crippen LogP contribution in [0.5, 0.6) is 0 Å². The van der Waals surface area contributed by atoms with E-state index in [1.165, 1.54) is 12.8 Å². The van der Waals surface area contributed by atoms with E-state index in [1.54, 1.807) is 18.5 Å². The molecule has 1 aromatic rings. The van der Waals surface area contributed by atoms with Crippen molar-refractivity contribution in [3.05, 3.63) is 29.6 Å². The smallest absolute Gasteiger partial charge is 0.243 e. The van der Waals surface area contributed by atoms with Crippen LogP contribution in [-0.2, 0) is 11.3 Å². The highest BCUT2D eigenvalue weighted by Gasteiger charge is 2.20. The molecule has 1 atom stereocenters. The molecule has 126 valence electrons. The van der Waals surface area contributed by atoms with Gasteiger partial charge in [0.15, 0.2) is 0 Å². The first-order valence-electron chi connectivity index (χ1n) is 8.24. The summed E-state index contributed by atoms with van der Waals surface area (Å²) in [6.45, 7) is 7.62. The van der Waals surface area contributed by atoms with E-state index < -0.39 is 0 Å². The molecule has 1 unspecified atom stereocenters. The van der Waals surface area contributed by atoms with Crippen LogP contribution in [-0.4, -0.2) is 40.4 Å². The van der Waals surface area contributed by atoms with Gasteiger partial charge < -0.3 is 11.1 Å². The lowest BCUT2D eigenvalue weighted by molar-refractivity contribution is -0.116. The third-order valence-corrected chi connectivity index (χ3v) is 4.01. The molecule has 0 aromatic carbocycles. The molecule has 0 saturated carbocycles. The van der Waals surface area contributed by atoms with E-state index in [0.29, 0.717) is 11.9 Å². The fourth-order valence-electron chi connectivity index (χ4n) is 2.95. The Bertz CT molecular complexity index is 536. The number of hydrogen-bond acceptors (Lipinski definition) is 5. The highest BCUT2D eigenvalue weighted by atomic mass is 16.1. The number of nitrogen functional groups attached to an aromatic ring is 1. The number of carbonyl (C=O) groups is 1. The Labute approximate surface area is 138 Å². The van der Waals surface area contributed by atoms with Crippen LogP contribution in [0.1, 0.15) is 38.7 Å². The third kappa shape index (κ3) is 6.36. The van der Waals surface area contributed by atoms with E-state index in [1.807, 2.05) is 13.8 Å². The van der Waals surface area contributed by atoms with Crippen molar-refractivity contribution < 1.29 is 4.79 Å². The van der Waals surface area contributed by atoms with Crippen molar-refractivity contribution in [2.75, 3.05) is 25.4 Å². The SMILES string of the molecule is CC(C)=CC(=O)NCCC1CCCN(Cc2cnc(N)nc2)C1. The fraction of sp³-hybridized carbons (Fsp3) is 0.588. The van der Waals surface area contributed by atoms with Crippen molar-refractivity contribution in [2.24, 2.45) is 5.92 Å². The van der Waals surface area contributed by atoms with Crippen molar-refractivity contribution >= 4 is 11.9 Å². The van der Waals surface area contributed by atoms with Gasteiger partial charge in [0.05, 0.1) is 0 Å². The molecule has 1 saturated heterocycles. The summed E-state index contributed by atoms with van der Waals surface area (Å²) in [5.74, 6) is 0.958. The van der Waals surface area contributed by atoms with Gasteiger partial charge in [-0.3, -0.25) is 9.69 Å². The summed E-state index contributed by atoms with van der Waals surface area (Å²) >= 11 is 0. The molecule has 0 spiro atoms. The molecular weight excluding hydrogens is 290 g/mol. The maximum Gasteiger partial charge on any atom is 0.243 e. The number of rotatable bonds is 6. The van der Waals surface area contributed by atoms with Crippen LogP contribution in [0.3, 0.4) is 0 Å². The van der Waals surface area contributed by atoms with E-state index in [0.717, 1.165) is 43.7 Å². The molecule has 1 aliphatic rings. The lowest BCUT2D eigenvalue weighted by Gasteiger charge is -2.32.